The van der Waals surface area contributed by atoms with E-state index in [0.29, 0.717) is 26.2 Å². The Morgan fingerprint density at radius 2 is 2.00 bits per heavy atom. The van der Waals surface area contributed by atoms with E-state index in [1.807, 2.05) is 20.8 Å². The monoisotopic (exact) mass is 374 g/mol. The molecule has 106 valence electrons. The smallest absolute Gasteiger partial charge is 0.152 e. The van der Waals surface area contributed by atoms with Crippen LogP contribution in [0, 0.1) is 10.5 Å². The largest absolute Gasteiger partial charge is 0.343 e. The molecule has 0 fully saturated rings. The van der Waals surface area contributed by atoms with Gasteiger partial charge in [0, 0.05) is 15.5 Å². The second-order valence-electron chi connectivity index (χ2n) is 5.45. The van der Waals surface area contributed by atoms with Crippen molar-refractivity contribution < 1.29 is 4.39 Å². The third kappa shape index (κ3) is 3.10. The van der Waals surface area contributed by atoms with Gasteiger partial charge in [0.2, 0.25) is 0 Å². The van der Waals surface area contributed by atoms with Gasteiger partial charge in [-0.3, -0.25) is 0 Å². The molecule has 0 bridgehead atoms. The van der Waals surface area contributed by atoms with Crippen molar-refractivity contribution in [3.8, 4) is 11.3 Å². The minimum absolute atomic E-state index is 0.0518. The molecule has 0 aliphatic carbocycles. The molecule has 2 rings (SSSR count). The Balaban J connectivity index is 2.68. The molecule has 0 aliphatic rings. The average Bonchev–Trinajstić information content (AvgIpc) is 2.34. The third-order valence-electron chi connectivity index (χ3n) is 2.78. The van der Waals surface area contributed by atoms with Crippen molar-refractivity contribution in [1.29, 1.82) is 0 Å². The standard InChI is InChI=1S/C14H13BrClFN2S/c1-14(2,3)13-18-9(6-10(20)19-13)7-4-5-8(15)11(16)12(7)17/h4-6H,1-3H3,(H,18,19,20). The number of benzene rings is 1. The Kier molecular flexibility index (Phi) is 4.33. The lowest BCUT2D eigenvalue weighted by Crippen LogP contribution is -2.16. The van der Waals surface area contributed by atoms with Gasteiger partial charge >= 0.3 is 0 Å². The van der Waals surface area contributed by atoms with Gasteiger partial charge in [0.15, 0.2) is 5.82 Å². The second-order valence-corrected chi connectivity index (χ2v) is 7.11. The van der Waals surface area contributed by atoms with Crippen LogP contribution >= 0.6 is 39.7 Å². The highest BCUT2D eigenvalue weighted by Crippen LogP contribution is 2.33. The molecule has 0 amide bonds. The summed E-state index contributed by atoms with van der Waals surface area (Å²) in [5.74, 6) is 0.219. The maximum absolute atomic E-state index is 14.3. The number of rotatable bonds is 1. The fourth-order valence-corrected chi connectivity index (χ4v) is 2.37. The van der Waals surface area contributed by atoms with Crippen LogP contribution in [0.15, 0.2) is 22.7 Å². The molecule has 1 heterocycles. The topological polar surface area (TPSA) is 28.7 Å². The number of nitrogens with one attached hydrogen (secondary N) is 1. The van der Waals surface area contributed by atoms with Crippen LogP contribution in [0.4, 0.5) is 4.39 Å². The highest BCUT2D eigenvalue weighted by atomic mass is 79.9. The zero-order valence-corrected chi connectivity index (χ0v) is 14.4. The number of halogens is 3. The summed E-state index contributed by atoms with van der Waals surface area (Å²) in [5.41, 5.74) is 0.734. The van der Waals surface area contributed by atoms with Crippen LogP contribution in [0.25, 0.3) is 11.3 Å². The number of H-pyrrole nitrogens is 1. The first kappa shape index (κ1) is 15.6. The summed E-state index contributed by atoms with van der Waals surface area (Å²) >= 11 is 14.3. The van der Waals surface area contributed by atoms with E-state index in [0.717, 1.165) is 0 Å². The van der Waals surface area contributed by atoms with Crippen molar-refractivity contribution in [3.05, 3.63) is 44.0 Å². The van der Waals surface area contributed by atoms with Gasteiger partial charge in [-0.25, -0.2) is 9.37 Å². The maximum atomic E-state index is 14.3. The van der Waals surface area contributed by atoms with Gasteiger partial charge in [0.25, 0.3) is 0 Å². The molecule has 2 aromatic rings. The predicted molar refractivity (Wildman–Crippen MR) is 86.2 cm³/mol. The van der Waals surface area contributed by atoms with Crippen LogP contribution in [0.3, 0.4) is 0 Å². The molecule has 6 heteroatoms. The number of nitrogens with zero attached hydrogens (tertiary/aromatic N) is 1. The first-order valence-corrected chi connectivity index (χ1v) is 7.54. The predicted octanol–water partition coefficient (Wildman–Crippen LogP) is 5.66. The van der Waals surface area contributed by atoms with Gasteiger partial charge in [-0.05, 0) is 34.1 Å². The van der Waals surface area contributed by atoms with E-state index in [1.54, 1.807) is 18.2 Å². The second kappa shape index (κ2) is 5.54. The van der Waals surface area contributed by atoms with Crippen LogP contribution in [0.5, 0.6) is 0 Å². The van der Waals surface area contributed by atoms with E-state index in [-0.39, 0.29) is 10.4 Å². The Hall–Kier alpha value is -0.780. The van der Waals surface area contributed by atoms with Crippen molar-refractivity contribution in [1.82, 2.24) is 9.97 Å². The van der Waals surface area contributed by atoms with Gasteiger partial charge in [0.05, 0.1) is 10.7 Å². The number of hydrogen-bond donors (Lipinski definition) is 1. The molecule has 1 aromatic carbocycles. The maximum Gasteiger partial charge on any atom is 0.152 e. The van der Waals surface area contributed by atoms with E-state index in [9.17, 15) is 4.39 Å². The van der Waals surface area contributed by atoms with Crippen molar-refractivity contribution in [2.45, 2.75) is 26.2 Å². The Labute approximate surface area is 135 Å². The average molecular weight is 376 g/mol. The fourth-order valence-electron chi connectivity index (χ4n) is 1.69. The lowest BCUT2D eigenvalue weighted by molar-refractivity contribution is 0.544. The first-order valence-electron chi connectivity index (χ1n) is 5.96. The van der Waals surface area contributed by atoms with Crippen molar-refractivity contribution in [3.63, 3.8) is 0 Å². The minimum atomic E-state index is -0.488. The van der Waals surface area contributed by atoms with Gasteiger partial charge in [-0.2, -0.15) is 0 Å². The summed E-state index contributed by atoms with van der Waals surface area (Å²) in [6, 6.07) is 4.99. The minimum Gasteiger partial charge on any atom is -0.343 e. The molecule has 0 unspecified atom stereocenters. The van der Waals surface area contributed by atoms with E-state index in [1.165, 1.54) is 0 Å². The molecule has 20 heavy (non-hydrogen) atoms. The van der Waals surface area contributed by atoms with Crippen LogP contribution in [-0.4, -0.2) is 9.97 Å². The van der Waals surface area contributed by atoms with Crippen LogP contribution in [0.1, 0.15) is 26.6 Å². The molecular weight excluding hydrogens is 363 g/mol. The Morgan fingerprint density at radius 3 is 2.60 bits per heavy atom. The van der Waals surface area contributed by atoms with Gasteiger partial charge in [-0.15, -0.1) is 0 Å². The van der Waals surface area contributed by atoms with Crippen molar-refractivity contribution >= 4 is 39.7 Å². The number of aromatic amines is 1. The number of aromatic nitrogens is 2. The Morgan fingerprint density at radius 1 is 1.35 bits per heavy atom. The first-order chi connectivity index (χ1) is 9.20. The molecule has 1 aromatic heterocycles. The van der Waals surface area contributed by atoms with E-state index < -0.39 is 5.82 Å². The van der Waals surface area contributed by atoms with E-state index in [4.69, 9.17) is 23.8 Å². The summed E-state index contributed by atoms with van der Waals surface area (Å²) < 4.78 is 15.2. The molecule has 0 aliphatic heterocycles. The van der Waals surface area contributed by atoms with Crippen LogP contribution < -0.4 is 0 Å². The third-order valence-corrected chi connectivity index (χ3v) is 4.25. The zero-order valence-electron chi connectivity index (χ0n) is 11.2. The lowest BCUT2D eigenvalue weighted by atomic mass is 9.95. The molecule has 0 radical (unpaired) electrons. The molecule has 1 N–H and O–H groups in total. The van der Waals surface area contributed by atoms with Crippen molar-refractivity contribution in [2.75, 3.05) is 0 Å². The van der Waals surface area contributed by atoms with Crippen LogP contribution in [-0.2, 0) is 5.41 Å². The summed E-state index contributed by atoms with van der Waals surface area (Å²) in [6.07, 6.45) is 0. The fraction of sp³-hybridized carbons (Fsp3) is 0.286. The van der Waals surface area contributed by atoms with Gasteiger partial charge in [0.1, 0.15) is 10.5 Å². The van der Waals surface area contributed by atoms with Gasteiger partial charge in [-0.1, -0.05) is 44.6 Å². The van der Waals surface area contributed by atoms with Crippen LogP contribution in [0.2, 0.25) is 5.02 Å². The molecular formula is C14H13BrClFN2S. The quantitative estimate of drug-likeness (QED) is 0.515. The molecule has 0 saturated carbocycles. The Bertz CT molecular complexity index is 722. The lowest BCUT2D eigenvalue weighted by Gasteiger charge is -2.18. The summed E-state index contributed by atoms with van der Waals surface area (Å²) in [4.78, 5) is 7.43. The summed E-state index contributed by atoms with van der Waals surface area (Å²) in [6.45, 7) is 6.03. The highest BCUT2D eigenvalue weighted by Gasteiger charge is 2.19. The van der Waals surface area contributed by atoms with E-state index in [2.05, 4.69) is 25.9 Å². The normalized spacial score (nSPS) is 11.7. The SMILES string of the molecule is CC(C)(C)c1nc(=S)cc(-c2ccc(Br)c(Cl)c2F)[nH]1. The van der Waals surface area contributed by atoms with Gasteiger partial charge < -0.3 is 4.98 Å². The van der Waals surface area contributed by atoms with Crippen molar-refractivity contribution in [2.24, 2.45) is 0 Å². The molecule has 0 atom stereocenters. The molecule has 0 spiro atoms. The molecule has 0 saturated heterocycles. The molecule has 2 nitrogen and oxygen atoms in total. The summed E-state index contributed by atoms with van der Waals surface area (Å²) in [5, 5.41) is 0.0518. The summed E-state index contributed by atoms with van der Waals surface area (Å²) in [7, 11) is 0. The number of hydrogen-bond acceptors (Lipinski definition) is 2. The highest BCUT2D eigenvalue weighted by molar-refractivity contribution is 9.10. The van der Waals surface area contributed by atoms with E-state index >= 15 is 0 Å². The zero-order chi connectivity index (χ0) is 15.1.